The Morgan fingerprint density at radius 3 is 2.81 bits per heavy atom. The summed E-state index contributed by atoms with van der Waals surface area (Å²) in [5, 5.41) is 14.8. The SMILES string of the molecule is Oc1nc(-c2cc(-c3cnco3)n(Cc3ccccc3F)n2)ncc1P. The average Bonchev–Trinajstić information content (AvgIpc) is 3.29. The molecule has 4 rings (SSSR count). The van der Waals surface area contributed by atoms with Gasteiger partial charge in [-0.1, -0.05) is 27.4 Å². The van der Waals surface area contributed by atoms with E-state index in [0.717, 1.165) is 0 Å². The number of aromatic hydroxyl groups is 1. The fourth-order valence-corrected chi connectivity index (χ4v) is 2.62. The molecule has 130 valence electrons. The van der Waals surface area contributed by atoms with Crippen LogP contribution in [0.2, 0.25) is 0 Å². The number of hydrogen-bond donors (Lipinski definition) is 1. The third-order valence-corrected chi connectivity index (χ3v) is 4.17. The molecule has 0 fully saturated rings. The van der Waals surface area contributed by atoms with Crippen LogP contribution in [0.4, 0.5) is 4.39 Å². The highest BCUT2D eigenvalue weighted by Gasteiger charge is 2.17. The van der Waals surface area contributed by atoms with E-state index in [0.29, 0.717) is 28.0 Å². The maximum absolute atomic E-state index is 14.0. The molecule has 0 aliphatic carbocycles. The second-order valence-corrected chi connectivity index (χ2v) is 6.12. The molecule has 0 saturated carbocycles. The molecular weight excluding hydrogens is 356 g/mol. The zero-order chi connectivity index (χ0) is 18.1. The lowest BCUT2D eigenvalue weighted by Crippen LogP contribution is -2.06. The summed E-state index contributed by atoms with van der Waals surface area (Å²) in [6, 6.07) is 8.18. The van der Waals surface area contributed by atoms with Gasteiger partial charge >= 0.3 is 0 Å². The molecule has 0 spiro atoms. The average molecular weight is 369 g/mol. The van der Waals surface area contributed by atoms with Gasteiger partial charge in [0.15, 0.2) is 18.0 Å². The van der Waals surface area contributed by atoms with E-state index in [2.05, 4.69) is 29.3 Å². The lowest BCUT2D eigenvalue weighted by atomic mass is 10.2. The minimum Gasteiger partial charge on any atom is -0.493 e. The molecular formula is C17H13FN5O2P. The highest BCUT2D eigenvalue weighted by Crippen LogP contribution is 2.26. The van der Waals surface area contributed by atoms with Crippen LogP contribution in [0.5, 0.6) is 5.88 Å². The zero-order valence-electron chi connectivity index (χ0n) is 13.4. The number of hydrogen-bond acceptors (Lipinski definition) is 6. The van der Waals surface area contributed by atoms with Crippen molar-refractivity contribution in [3.63, 3.8) is 0 Å². The van der Waals surface area contributed by atoms with Gasteiger partial charge < -0.3 is 9.52 Å². The van der Waals surface area contributed by atoms with Crippen molar-refractivity contribution in [3.05, 3.63) is 60.5 Å². The summed E-state index contributed by atoms with van der Waals surface area (Å²) in [5.41, 5.74) is 1.50. The summed E-state index contributed by atoms with van der Waals surface area (Å²) in [5.74, 6) is 0.257. The Bertz CT molecular complexity index is 1060. The van der Waals surface area contributed by atoms with Gasteiger partial charge in [0.2, 0.25) is 5.88 Å². The Kier molecular flexibility index (Phi) is 4.18. The Morgan fingerprint density at radius 1 is 1.23 bits per heavy atom. The molecule has 26 heavy (non-hydrogen) atoms. The van der Waals surface area contributed by atoms with Crippen LogP contribution in [0.1, 0.15) is 5.56 Å². The van der Waals surface area contributed by atoms with E-state index in [-0.39, 0.29) is 24.1 Å². The van der Waals surface area contributed by atoms with Crippen LogP contribution >= 0.6 is 9.24 Å². The van der Waals surface area contributed by atoms with Crippen molar-refractivity contribution in [2.45, 2.75) is 6.54 Å². The number of nitrogens with zero attached hydrogens (tertiary/aromatic N) is 5. The maximum Gasteiger partial charge on any atom is 0.221 e. The summed E-state index contributed by atoms with van der Waals surface area (Å²) in [4.78, 5) is 12.1. The first kappa shape index (κ1) is 16.4. The fourth-order valence-electron chi connectivity index (χ4n) is 2.48. The van der Waals surface area contributed by atoms with Crippen LogP contribution in [0.3, 0.4) is 0 Å². The maximum atomic E-state index is 14.0. The van der Waals surface area contributed by atoms with E-state index in [1.807, 2.05) is 0 Å². The smallest absolute Gasteiger partial charge is 0.221 e. The largest absolute Gasteiger partial charge is 0.493 e. The van der Waals surface area contributed by atoms with Crippen LogP contribution in [0, 0.1) is 5.82 Å². The highest BCUT2D eigenvalue weighted by atomic mass is 31.0. The number of aromatic nitrogens is 5. The predicted octanol–water partition coefficient (Wildman–Crippen LogP) is 2.39. The van der Waals surface area contributed by atoms with Crippen molar-refractivity contribution in [3.8, 4) is 28.9 Å². The zero-order valence-corrected chi connectivity index (χ0v) is 14.5. The van der Waals surface area contributed by atoms with Gasteiger partial charge in [-0.15, -0.1) is 0 Å². The molecule has 1 aromatic carbocycles. The summed E-state index contributed by atoms with van der Waals surface area (Å²) >= 11 is 0. The van der Waals surface area contributed by atoms with Gasteiger partial charge in [-0.05, 0) is 12.1 Å². The quantitative estimate of drug-likeness (QED) is 0.556. The van der Waals surface area contributed by atoms with Gasteiger partial charge in [0.05, 0.1) is 12.7 Å². The molecule has 1 unspecified atom stereocenters. The summed E-state index contributed by atoms with van der Waals surface area (Å²) in [6.07, 6.45) is 4.33. The third kappa shape index (κ3) is 3.07. The predicted molar refractivity (Wildman–Crippen MR) is 95.3 cm³/mol. The topological polar surface area (TPSA) is 89.9 Å². The molecule has 0 bridgehead atoms. The monoisotopic (exact) mass is 369 g/mol. The van der Waals surface area contributed by atoms with Crippen LogP contribution in [-0.4, -0.2) is 29.8 Å². The second-order valence-electron chi connectivity index (χ2n) is 5.50. The van der Waals surface area contributed by atoms with Gasteiger partial charge in [-0.2, -0.15) is 10.1 Å². The Balaban J connectivity index is 1.80. The van der Waals surface area contributed by atoms with Gasteiger partial charge in [0.1, 0.15) is 17.2 Å². The van der Waals surface area contributed by atoms with Crippen LogP contribution in [0.25, 0.3) is 23.0 Å². The molecule has 4 aromatic rings. The molecule has 3 heterocycles. The number of halogens is 1. The molecule has 0 saturated heterocycles. The van der Waals surface area contributed by atoms with Crippen molar-refractivity contribution in [1.29, 1.82) is 0 Å². The molecule has 0 radical (unpaired) electrons. The number of benzene rings is 1. The van der Waals surface area contributed by atoms with Crippen LogP contribution in [-0.2, 0) is 6.54 Å². The molecule has 1 N–H and O–H groups in total. The first-order valence-corrected chi connectivity index (χ1v) is 8.21. The highest BCUT2D eigenvalue weighted by molar-refractivity contribution is 7.27. The van der Waals surface area contributed by atoms with Gasteiger partial charge in [-0.3, -0.25) is 4.68 Å². The fraction of sp³-hybridized carbons (Fsp3) is 0.0588. The normalized spacial score (nSPS) is 11.0. The number of oxazole rings is 1. The summed E-state index contributed by atoms with van der Waals surface area (Å²) in [7, 11) is 2.34. The Hall–Kier alpha value is -3.12. The van der Waals surface area contributed by atoms with Crippen LogP contribution < -0.4 is 5.30 Å². The van der Waals surface area contributed by atoms with E-state index >= 15 is 0 Å². The lowest BCUT2D eigenvalue weighted by Gasteiger charge is -2.06. The van der Waals surface area contributed by atoms with Gasteiger partial charge in [0.25, 0.3) is 0 Å². The Morgan fingerprint density at radius 2 is 2.08 bits per heavy atom. The molecule has 3 aromatic heterocycles. The van der Waals surface area contributed by atoms with Crippen LogP contribution in [0.15, 0.2) is 53.5 Å². The second kappa shape index (κ2) is 6.65. The van der Waals surface area contributed by atoms with E-state index in [9.17, 15) is 9.50 Å². The Labute approximate surface area is 149 Å². The standard InChI is InChI=1S/C17H13FN5O2P/c18-11-4-2-1-3-10(11)8-23-13(14-6-19-9-25-14)5-12(22-23)16-20-7-15(26)17(24)21-16/h1-7,9H,8,26H2,(H,20,21,24). The summed E-state index contributed by atoms with van der Waals surface area (Å²) < 4.78 is 21.0. The van der Waals surface area contributed by atoms with E-state index < -0.39 is 0 Å². The van der Waals surface area contributed by atoms with E-state index in [4.69, 9.17) is 4.42 Å². The van der Waals surface area contributed by atoms with Crippen molar-refractivity contribution in [1.82, 2.24) is 24.7 Å². The minimum absolute atomic E-state index is 0.148. The summed E-state index contributed by atoms with van der Waals surface area (Å²) in [6.45, 7) is 0.191. The van der Waals surface area contributed by atoms with Crippen molar-refractivity contribution in [2.24, 2.45) is 0 Å². The van der Waals surface area contributed by atoms with E-state index in [1.165, 1.54) is 18.7 Å². The lowest BCUT2D eigenvalue weighted by molar-refractivity contribution is 0.457. The minimum atomic E-state index is -0.325. The first-order chi connectivity index (χ1) is 12.6. The third-order valence-electron chi connectivity index (χ3n) is 3.77. The molecule has 0 aliphatic heterocycles. The number of rotatable bonds is 4. The van der Waals surface area contributed by atoms with Crippen molar-refractivity contribution < 1.29 is 13.9 Å². The molecule has 1 atom stereocenters. The first-order valence-electron chi connectivity index (χ1n) is 7.64. The van der Waals surface area contributed by atoms with Crippen molar-refractivity contribution in [2.75, 3.05) is 0 Å². The van der Waals surface area contributed by atoms with E-state index in [1.54, 1.807) is 35.1 Å². The molecule has 0 amide bonds. The molecule has 0 aliphatic rings. The van der Waals surface area contributed by atoms with Gasteiger partial charge in [0, 0.05) is 17.1 Å². The molecule has 9 heteroatoms. The molecule has 7 nitrogen and oxygen atoms in total. The van der Waals surface area contributed by atoms with Crippen molar-refractivity contribution >= 4 is 14.5 Å². The van der Waals surface area contributed by atoms with Gasteiger partial charge in [-0.25, -0.2) is 14.4 Å².